The number of amides is 3. The van der Waals surface area contributed by atoms with E-state index in [-0.39, 0.29) is 5.69 Å². The standard InChI is InChI=1S/C13H14F3N3O2/c14-13(15,16)8-3-5-9(6-4-8)18-12(21)19-7-1-2-10(19)11(17)20/h3-6,10H,1-2,7H2,(H2,17,20)(H,18,21). The van der Waals surface area contributed by atoms with E-state index in [1.165, 1.54) is 4.90 Å². The van der Waals surface area contributed by atoms with E-state index in [0.717, 1.165) is 24.3 Å². The maximum absolute atomic E-state index is 12.4. The van der Waals surface area contributed by atoms with Gasteiger partial charge in [0.1, 0.15) is 6.04 Å². The van der Waals surface area contributed by atoms with Gasteiger partial charge in [-0.1, -0.05) is 0 Å². The highest BCUT2D eigenvalue weighted by Crippen LogP contribution is 2.30. The van der Waals surface area contributed by atoms with Gasteiger partial charge < -0.3 is 16.0 Å². The monoisotopic (exact) mass is 301 g/mol. The zero-order valence-corrected chi connectivity index (χ0v) is 11.0. The number of alkyl halides is 3. The summed E-state index contributed by atoms with van der Waals surface area (Å²) < 4.78 is 37.3. The van der Waals surface area contributed by atoms with E-state index in [9.17, 15) is 22.8 Å². The van der Waals surface area contributed by atoms with Crippen LogP contribution in [0.3, 0.4) is 0 Å². The zero-order valence-electron chi connectivity index (χ0n) is 11.0. The average molecular weight is 301 g/mol. The molecule has 1 fully saturated rings. The molecule has 5 nitrogen and oxygen atoms in total. The van der Waals surface area contributed by atoms with Crippen molar-refractivity contribution in [3.8, 4) is 0 Å². The number of anilines is 1. The molecule has 1 atom stereocenters. The Morgan fingerprint density at radius 3 is 2.38 bits per heavy atom. The SMILES string of the molecule is NC(=O)C1CCCN1C(=O)Nc1ccc(C(F)(F)F)cc1. The quantitative estimate of drug-likeness (QED) is 0.878. The molecule has 1 aliphatic heterocycles. The lowest BCUT2D eigenvalue weighted by Crippen LogP contribution is -2.45. The number of nitrogens with one attached hydrogen (secondary N) is 1. The van der Waals surface area contributed by atoms with Crippen LogP contribution in [0.15, 0.2) is 24.3 Å². The molecule has 0 radical (unpaired) electrons. The minimum absolute atomic E-state index is 0.225. The number of primary amides is 1. The molecule has 3 amide bonds. The maximum atomic E-state index is 12.4. The summed E-state index contributed by atoms with van der Waals surface area (Å²) in [6.07, 6.45) is -3.27. The number of hydrogen-bond acceptors (Lipinski definition) is 2. The zero-order chi connectivity index (χ0) is 15.6. The highest BCUT2D eigenvalue weighted by molar-refractivity contribution is 5.93. The molecule has 0 aliphatic carbocycles. The van der Waals surface area contributed by atoms with Crippen LogP contribution in [0, 0.1) is 0 Å². The van der Waals surface area contributed by atoms with Crippen molar-refractivity contribution in [1.82, 2.24) is 4.90 Å². The second kappa shape index (κ2) is 5.63. The molecule has 0 spiro atoms. The summed E-state index contributed by atoms with van der Waals surface area (Å²) in [5.74, 6) is -0.588. The summed E-state index contributed by atoms with van der Waals surface area (Å²) in [5, 5.41) is 2.46. The molecule has 0 saturated carbocycles. The van der Waals surface area contributed by atoms with Crippen LogP contribution in [0.25, 0.3) is 0 Å². The van der Waals surface area contributed by atoms with Crippen LogP contribution in [0.5, 0.6) is 0 Å². The van der Waals surface area contributed by atoms with Crippen LogP contribution in [-0.2, 0) is 11.0 Å². The van der Waals surface area contributed by atoms with Crippen LogP contribution >= 0.6 is 0 Å². The Bertz CT molecular complexity index is 543. The minimum atomic E-state index is -4.42. The molecule has 1 saturated heterocycles. The van der Waals surface area contributed by atoms with Gasteiger partial charge in [0.15, 0.2) is 0 Å². The van der Waals surface area contributed by atoms with Gasteiger partial charge in [0.05, 0.1) is 5.56 Å². The normalized spacial score (nSPS) is 18.6. The van der Waals surface area contributed by atoms with Crippen molar-refractivity contribution in [2.75, 3.05) is 11.9 Å². The third kappa shape index (κ3) is 3.45. The Morgan fingerprint density at radius 2 is 1.86 bits per heavy atom. The van der Waals surface area contributed by atoms with Crippen LogP contribution in [-0.4, -0.2) is 29.4 Å². The van der Waals surface area contributed by atoms with Gasteiger partial charge in [0.2, 0.25) is 5.91 Å². The fourth-order valence-electron chi connectivity index (χ4n) is 2.24. The first kappa shape index (κ1) is 15.1. The summed E-state index contributed by atoms with van der Waals surface area (Å²) in [4.78, 5) is 24.5. The van der Waals surface area contributed by atoms with E-state index in [2.05, 4.69) is 5.32 Å². The topological polar surface area (TPSA) is 75.4 Å². The minimum Gasteiger partial charge on any atom is -0.368 e. The van der Waals surface area contributed by atoms with Gasteiger partial charge in [0.25, 0.3) is 0 Å². The summed E-state index contributed by atoms with van der Waals surface area (Å²) >= 11 is 0. The first-order chi connectivity index (χ1) is 9.79. The predicted octanol–water partition coefficient (Wildman–Crippen LogP) is 2.19. The second-order valence-corrected chi connectivity index (χ2v) is 4.76. The van der Waals surface area contributed by atoms with Gasteiger partial charge in [-0.3, -0.25) is 4.79 Å². The number of nitrogens with two attached hydrogens (primary N) is 1. The second-order valence-electron chi connectivity index (χ2n) is 4.76. The Kier molecular flexibility index (Phi) is 4.06. The molecule has 21 heavy (non-hydrogen) atoms. The highest BCUT2D eigenvalue weighted by atomic mass is 19.4. The van der Waals surface area contributed by atoms with Gasteiger partial charge in [-0.2, -0.15) is 13.2 Å². The largest absolute Gasteiger partial charge is 0.416 e. The first-order valence-electron chi connectivity index (χ1n) is 6.33. The van der Waals surface area contributed by atoms with Gasteiger partial charge in [-0.25, -0.2) is 4.79 Å². The fraction of sp³-hybridized carbons (Fsp3) is 0.385. The molecular weight excluding hydrogens is 287 g/mol. The van der Waals surface area contributed by atoms with Gasteiger partial charge in [-0.05, 0) is 37.1 Å². The molecule has 3 N–H and O–H groups in total. The van der Waals surface area contributed by atoms with Gasteiger partial charge in [0, 0.05) is 12.2 Å². The lowest BCUT2D eigenvalue weighted by Gasteiger charge is -2.22. The van der Waals surface area contributed by atoms with Crippen molar-refractivity contribution in [2.24, 2.45) is 5.73 Å². The Balaban J connectivity index is 2.04. The van der Waals surface area contributed by atoms with E-state index >= 15 is 0 Å². The molecule has 0 bridgehead atoms. The van der Waals surface area contributed by atoms with Gasteiger partial charge in [-0.15, -0.1) is 0 Å². The third-order valence-electron chi connectivity index (χ3n) is 3.31. The number of halogens is 3. The smallest absolute Gasteiger partial charge is 0.368 e. The summed E-state index contributed by atoms with van der Waals surface area (Å²) in [6.45, 7) is 0.389. The number of hydrogen-bond donors (Lipinski definition) is 2. The molecule has 1 aliphatic rings. The van der Waals surface area contributed by atoms with Gasteiger partial charge >= 0.3 is 12.2 Å². The Morgan fingerprint density at radius 1 is 1.24 bits per heavy atom. The molecule has 1 aromatic carbocycles. The summed E-state index contributed by atoms with van der Waals surface area (Å²) in [6, 6.07) is 2.87. The van der Waals surface area contributed by atoms with Crippen molar-refractivity contribution in [3.05, 3.63) is 29.8 Å². The molecule has 1 unspecified atom stereocenters. The van der Waals surface area contributed by atoms with Crippen LogP contribution in [0.2, 0.25) is 0 Å². The van der Waals surface area contributed by atoms with E-state index in [4.69, 9.17) is 5.73 Å². The lowest BCUT2D eigenvalue weighted by atomic mass is 10.2. The molecule has 8 heteroatoms. The number of benzene rings is 1. The third-order valence-corrected chi connectivity index (χ3v) is 3.31. The number of urea groups is 1. The summed E-state index contributed by atoms with van der Waals surface area (Å²) in [5.41, 5.74) is 4.63. The first-order valence-corrected chi connectivity index (χ1v) is 6.33. The molecule has 1 heterocycles. The van der Waals surface area contributed by atoms with Crippen LogP contribution in [0.1, 0.15) is 18.4 Å². The van der Waals surface area contributed by atoms with E-state index in [1.54, 1.807) is 0 Å². The number of carbonyl (C=O) groups is 2. The number of rotatable bonds is 2. The summed E-state index contributed by atoms with van der Waals surface area (Å²) in [7, 11) is 0. The Labute approximate surface area is 118 Å². The van der Waals surface area contributed by atoms with E-state index in [0.29, 0.717) is 19.4 Å². The van der Waals surface area contributed by atoms with Crippen molar-refractivity contribution in [3.63, 3.8) is 0 Å². The van der Waals surface area contributed by atoms with Crippen molar-refractivity contribution in [1.29, 1.82) is 0 Å². The lowest BCUT2D eigenvalue weighted by molar-refractivity contribution is -0.137. The highest BCUT2D eigenvalue weighted by Gasteiger charge is 2.33. The maximum Gasteiger partial charge on any atom is 0.416 e. The molecule has 114 valence electrons. The average Bonchev–Trinajstić information content (AvgIpc) is 2.87. The van der Waals surface area contributed by atoms with Crippen molar-refractivity contribution < 1.29 is 22.8 Å². The van der Waals surface area contributed by atoms with Crippen molar-refractivity contribution in [2.45, 2.75) is 25.1 Å². The molecule has 2 rings (SSSR count). The van der Waals surface area contributed by atoms with Crippen molar-refractivity contribution >= 4 is 17.6 Å². The Hall–Kier alpha value is -2.25. The van der Waals surface area contributed by atoms with Crippen LogP contribution in [0.4, 0.5) is 23.7 Å². The number of nitrogens with zero attached hydrogens (tertiary/aromatic N) is 1. The molecular formula is C13H14F3N3O2. The fourth-order valence-corrected chi connectivity index (χ4v) is 2.24. The number of carbonyl (C=O) groups excluding carboxylic acids is 2. The number of likely N-dealkylation sites (tertiary alicyclic amines) is 1. The molecule has 0 aromatic heterocycles. The van der Waals surface area contributed by atoms with E-state index in [1.807, 2.05) is 0 Å². The van der Waals surface area contributed by atoms with Crippen LogP contribution < -0.4 is 11.1 Å². The molecule has 1 aromatic rings. The van der Waals surface area contributed by atoms with E-state index < -0.39 is 29.7 Å². The predicted molar refractivity (Wildman–Crippen MR) is 69.4 cm³/mol.